The van der Waals surface area contributed by atoms with Crippen molar-refractivity contribution >= 4 is 0 Å². The van der Waals surface area contributed by atoms with Crippen LogP contribution in [-0.4, -0.2) is 39.6 Å². The van der Waals surface area contributed by atoms with E-state index in [2.05, 4.69) is 6.92 Å². The number of ether oxygens (including phenoxy) is 3. The van der Waals surface area contributed by atoms with E-state index in [1.54, 1.807) is 0 Å². The summed E-state index contributed by atoms with van der Waals surface area (Å²) < 4.78 is 17.7. The van der Waals surface area contributed by atoms with Crippen molar-refractivity contribution < 1.29 is 14.2 Å². The summed E-state index contributed by atoms with van der Waals surface area (Å²) in [4.78, 5) is 0. The summed E-state index contributed by atoms with van der Waals surface area (Å²) in [5.41, 5.74) is 0.122. The van der Waals surface area contributed by atoms with Crippen LogP contribution in [-0.2, 0) is 14.2 Å². The molecule has 2 rings (SSSR count). The zero-order valence-corrected chi connectivity index (χ0v) is 14.3. The smallest absolute Gasteiger partial charge is 0.0654 e. The maximum Gasteiger partial charge on any atom is 0.0654 e. The average molecular weight is 298 g/mol. The molecule has 3 nitrogen and oxygen atoms in total. The first kappa shape index (κ1) is 17.2. The Kier molecular flexibility index (Phi) is 6.51. The molecule has 0 aromatic heterocycles. The Bertz CT molecular complexity index is 285. The van der Waals surface area contributed by atoms with E-state index in [1.807, 2.05) is 14.2 Å². The second-order valence-electron chi connectivity index (χ2n) is 7.51. The number of rotatable bonds is 8. The minimum atomic E-state index is 0.0372. The molecular weight excluding hydrogens is 264 g/mol. The monoisotopic (exact) mass is 298 g/mol. The summed E-state index contributed by atoms with van der Waals surface area (Å²) in [6.07, 6.45) is 11.7. The van der Waals surface area contributed by atoms with Crippen molar-refractivity contribution in [2.24, 2.45) is 11.3 Å². The molecule has 0 bridgehead atoms. The van der Waals surface area contributed by atoms with Crippen LogP contribution in [0.1, 0.15) is 64.7 Å². The second kappa shape index (κ2) is 7.94. The fourth-order valence-corrected chi connectivity index (χ4v) is 4.35. The molecule has 0 aromatic rings. The van der Waals surface area contributed by atoms with E-state index >= 15 is 0 Å². The van der Waals surface area contributed by atoms with Crippen molar-refractivity contribution in [3.05, 3.63) is 0 Å². The van der Waals surface area contributed by atoms with Crippen molar-refractivity contribution in [3.8, 4) is 0 Å². The number of methoxy groups -OCH3 is 2. The fourth-order valence-electron chi connectivity index (χ4n) is 4.35. The lowest BCUT2D eigenvalue weighted by atomic mass is 9.69. The van der Waals surface area contributed by atoms with E-state index in [-0.39, 0.29) is 11.0 Å². The van der Waals surface area contributed by atoms with Gasteiger partial charge in [-0.05, 0) is 38.5 Å². The third-order valence-electron chi connectivity index (χ3n) is 5.70. The van der Waals surface area contributed by atoms with Crippen molar-refractivity contribution in [2.75, 3.05) is 34.0 Å². The highest BCUT2D eigenvalue weighted by molar-refractivity contribution is 4.90. The lowest BCUT2D eigenvalue weighted by Crippen LogP contribution is -2.46. The fraction of sp³-hybridized carbons (Fsp3) is 1.00. The van der Waals surface area contributed by atoms with Crippen molar-refractivity contribution in [1.82, 2.24) is 0 Å². The van der Waals surface area contributed by atoms with Crippen LogP contribution in [0.2, 0.25) is 0 Å². The predicted octanol–water partition coefficient (Wildman–Crippen LogP) is 4.20. The average Bonchev–Trinajstić information content (AvgIpc) is 2.94. The van der Waals surface area contributed by atoms with E-state index < -0.39 is 0 Å². The maximum absolute atomic E-state index is 6.45. The summed E-state index contributed by atoms with van der Waals surface area (Å²) in [7, 11) is 3.62. The molecule has 2 aliphatic carbocycles. The van der Waals surface area contributed by atoms with Gasteiger partial charge in [-0.25, -0.2) is 0 Å². The minimum absolute atomic E-state index is 0.0372. The van der Waals surface area contributed by atoms with Gasteiger partial charge in [-0.15, -0.1) is 0 Å². The van der Waals surface area contributed by atoms with Gasteiger partial charge in [0.1, 0.15) is 0 Å². The molecule has 21 heavy (non-hydrogen) atoms. The Labute approximate surface area is 130 Å². The third-order valence-corrected chi connectivity index (χ3v) is 5.70. The number of hydrogen-bond donors (Lipinski definition) is 0. The van der Waals surface area contributed by atoms with Crippen LogP contribution in [0.4, 0.5) is 0 Å². The van der Waals surface area contributed by atoms with Crippen LogP contribution in [0.25, 0.3) is 0 Å². The molecular formula is C18H34O3. The number of hydrogen-bond acceptors (Lipinski definition) is 3. The molecule has 2 aliphatic rings. The van der Waals surface area contributed by atoms with E-state index in [0.717, 1.165) is 19.8 Å². The van der Waals surface area contributed by atoms with Gasteiger partial charge in [0.15, 0.2) is 0 Å². The van der Waals surface area contributed by atoms with Gasteiger partial charge in [0.2, 0.25) is 0 Å². The highest BCUT2D eigenvalue weighted by Crippen LogP contribution is 2.42. The molecule has 0 atom stereocenters. The molecule has 2 saturated carbocycles. The SMILES string of the molecule is COCC(COC)(COC1(C)CCCC1)C1CCCCC1. The van der Waals surface area contributed by atoms with E-state index in [0.29, 0.717) is 5.92 Å². The van der Waals surface area contributed by atoms with E-state index in [1.165, 1.54) is 57.8 Å². The standard InChI is InChI=1S/C18H34O3/c1-17(11-7-8-12-17)21-15-18(13-19-2,14-20-3)16-9-5-4-6-10-16/h16H,4-15H2,1-3H3. The predicted molar refractivity (Wildman–Crippen MR) is 85.6 cm³/mol. The maximum atomic E-state index is 6.45. The highest BCUT2D eigenvalue weighted by Gasteiger charge is 2.42. The minimum Gasteiger partial charge on any atom is -0.384 e. The molecule has 124 valence electrons. The van der Waals surface area contributed by atoms with Gasteiger partial charge in [-0.3, -0.25) is 0 Å². The van der Waals surface area contributed by atoms with Crippen LogP contribution >= 0.6 is 0 Å². The Morgan fingerprint density at radius 2 is 1.43 bits per heavy atom. The Hall–Kier alpha value is -0.120. The largest absolute Gasteiger partial charge is 0.384 e. The molecule has 3 heteroatoms. The van der Waals surface area contributed by atoms with Gasteiger partial charge in [0.05, 0.1) is 25.4 Å². The Morgan fingerprint density at radius 3 is 1.95 bits per heavy atom. The third kappa shape index (κ3) is 4.43. The van der Waals surface area contributed by atoms with Crippen LogP contribution in [0.3, 0.4) is 0 Å². The zero-order chi connectivity index (χ0) is 15.2. The lowest BCUT2D eigenvalue weighted by molar-refractivity contribution is -0.133. The van der Waals surface area contributed by atoms with E-state index in [9.17, 15) is 0 Å². The van der Waals surface area contributed by atoms with Gasteiger partial charge in [0, 0.05) is 19.6 Å². The van der Waals surface area contributed by atoms with Crippen LogP contribution < -0.4 is 0 Å². The summed E-state index contributed by atoms with van der Waals surface area (Å²) >= 11 is 0. The molecule has 0 aliphatic heterocycles. The molecule has 2 fully saturated rings. The Balaban J connectivity index is 2.04. The first-order valence-corrected chi connectivity index (χ1v) is 8.76. The molecule has 0 aromatic carbocycles. The molecule has 0 amide bonds. The first-order valence-electron chi connectivity index (χ1n) is 8.76. The van der Waals surface area contributed by atoms with Crippen LogP contribution in [0.5, 0.6) is 0 Å². The van der Waals surface area contributed by atoms with Crippen molar-refractivity contribution in [3.63, 3.8) is 0 Å². The normalized spacial score (nSPS) is 23.6. The topological polar surface area (TPSA) is 27.7 Å². The van der Waals surface area contributed by atoms with Gasteiger partial charge in [-0.2, -0.15) is 0 Å². The molecule has 0 radical (unpaired) electrons. The Morgan fingerprint density at radius 1 is 0.857 bits per heavy atom. The zero-order valence-electron chi connectivity index (χ0n) is 14.3. The molecule has 0 N–H and O–H groups in total. The molecule has 0 saturated heterocycles. The van der Waals surface area contributed by atoms with Gasteiger partial charge >= 0.3 is 0 Å². The van der Waals surface area contributed by atoms with Crippen molar-refractivity contribution in [2.45, 2.75) is 70.3 Å². The lowest BCUT2D eigenvalue weighted by Gasteiger charge is -2.43. The molecule has 0 unspecified atom stereocenters. The molecule has 0 spiro atoms. The second-order valence-corrected chi connectivity index (χ2v) is 7.51. The summed E-state index contributed by atoms with van der Waals surface area (Å²) in [5.74, 6) is 0.677. The van der Waals surface area contributed by atoms with Crippen molar-refractivity contribution in [1.29, 1.82) is 0 Å². The summed E-state index contributed by atoms with van der Waals surface area (Å²) in [6.45, 7) is 4.57. The quantitative estimate of drug-likeness (QED) is 0.672. The van der Waals surface area contributed by atoms with Crippen LogP contribution in [0.15, 0.2) is 0 Å². The van der Waals surface area contributed by atoms with Gasteiger partial charge in [-0.1, -0.05) is 32.1 Å². The van der Waals surface area contributed by atoms with Gasteiger partial charge in [0.25, 0.3) is 0 Å². The summed E-state index contributed by atoms with van der Waals surface area (Å²) in [5, 5.41) is 0. The van der Waals surface area contributed by atoms with Gasteiger partial charge < -0.3 is 14.2 Å². The van der Waals surface area contributed by atoms with E-state index in [4.69, 9.17) is 14.2 Å². The highest BCUT2D eigenvalue weighted by atomic mass is 16.5. The van der Waals surface area contributed by atoms with Crippen LogP contribution in [0, 0.1) is 11.3 Å². The molecule has 0 heterocycles. The summed E-state index contributed by atoms with van der Waals surface area (Å²) in [6, 6.07) is 0. The first-order chi connectivity index (χ1) is 10.1.